The Morgan fingerprint density at radius 2 is 1.17 bits per heavy atom. The summed E-state index contributed by atoms with van der Waals surface area (Å²) < 4.78 is 0. The molecule has 70 valence electrons. The van der Waals surface area contributed by atoms with Gasteiger partial charge in [0, 0.05) is 55.5 Å². The molecule has 0 spiro atoms. The Balaban J connectivity index is 0. The van der Waals surface area contributed by atoms with Gasteiger partial charge in [-0.25, -0.2) is 0 Å². The average molecular weight is 296 g/mol. The fourth-order valence-corrected chi connectivity index (χ4v) is 1.25. The number of hydrogen-bond donors (Lipinski definition) is 1. The Labute approximate surface area is 117 Å². The van der Waals surface area contributed by atoms with Crippen molar-refractivity contribution in [2.75, 3.05) is 6.61 Å². The maximum Gasteiger partial charge on any atom is 0.0431 e. The predicted octanol–water partition coefficient (Wildman–Crippen LogP) is 2.74. The molecule has 0 amide bonds. The summed E-state index contributed by atoms with van der Waals surface area (Å²) in [6.07, 6.45) is 10.4. The van der Waals surface area contributed by atoms with Crippen LogP contribution in [0.15, 0.2) is 0 Å². The summed E-state index contributed by atoms with van der Waals surface area (Å²) in [7, 11) is 0. The van der Waals surface area contributed by atoms with E-state index in [-0.39, 0.29) is 48.9 Å². The van der Waals surface area contributed by atoms with Crippen LogP contribution >= 0.6 is 0 Å². The fourth-order valence-electron chi connectivity index (χ4n) is 1.25. The molecule has 0 atom stereocenters. The van der Waals surface area contributed by atoms with Crippen molar-refractivity contribution in [3.05, 3.63) is 0 Å². The van der Waals surface area contributed by atoms with E-state index in [0.717, 1.165) is 6.42 Å². The van der Waals surface area contributed by atoms with Crippen LogP contribution in [0.2, 0.25) is 0 Å². The van der Waals surface area contributed by atoms with Gasteiger partial charge in [-0.3, -0.25) is 0 Å². The van der Waals surface area contributed by atoms with Crippen LogP contribution in [0.25, 0.3) is 0 Å². The fraction of sp³-hybridized carbons (Fsp3) is 1.00. The minimum atomic E-state index is 0. The molecule has 0 aromatic heterocycles. The SMILES string of the molecule is CCCCCCCCCCO.[Ba]. The molecule has 2 heteroatoms. The van der Waals surface area contributed by atoms with E-state index in [9.17, 15) is 0 Å². The summed E-state index contributed by atoms with van der Waals surface area (Å²) in [5.74, 6) is 0. The minimum Gasteiger partial charge on any atom is -0.396 e. The first-order valence-corrected chi connectivity index (χ1v) is 5.02. The maximum atomic E-state index is 8.51. The van der Waals surface area contributed by atoms with Crippen molar-refractivity contribution in [3.8, 4) is 0 Å². The van der Waals surface area contributed by atoms with Gasteiger partial charge in [-0.2, -0.15) is 0 Å². The number of aliphatic hydroxyl groups is 1. The predicted molar refractivity (Wildman–Crippen MR) is 55.4 cm³/mol. The zero-order chi connectivity index (χ0) is 8.36. The molecule has 0 bridgehead atoms. The van der Waals surface area contributed by atoms with Gasteiger partial charge >= 0.3 is 0 Å². The minimum absolute atomic E-state index is 0. The first-order chi connectivity index (χ1) is 5.41. The summed E-state index contributed by atoms with van der Waals surface area (Å²) in [6, 6.07) is 0. The number of rotatable bonds is 8. The second kappa shape index (κ2) is 15.0. The van der Waals surface area contributed by atoms with Gasteiger partial charge in [0.1, 0.15) is 0 Å². The van der Waals surface area contributed by atoms with Crippen molar-refractivity contribution in [2.45, 2.75) is 58.3 Å². The standard InChI is InChI=1S/C10H22O.Ba/c1-2-3-4-5-6-7-8-9-10-11;/h11H,2-10H2,1H3;. The molecule has 0 fully saturated rings. The van der Waals surface area contributed by atoms with E-state index in [1.54, 1.807) is 0 Å². The van der Waals surface area contributed by atoms with Crippen LogP contribution in [0, 0.1) is 0 Å². The summed E-state index contributed by atoms with van der Waals surface area (Å²) in [6.45, 7) is 2.61. The maximum absolute atomic E-state index is 8.51. The quantitative estimate of drug-likeness (QED) is 0.539. The molecule has 0 aromatic rings. The van der Waals surface area contributed by atoms with Gasteiger partial charge in [0.05, 0.1) is 0 Å². The molecule has 0 heterocycles. The molecular weight excluding hydrogens is 273 g/mol. The molecular formula is C10H22BaO. The first-order valence-electron chi connectivity index (χ1n) is 5.02. The Hall–Kier alpha value is 1.53. The second-order valence-corrected chi connectivity index (χ2v) is 3.20. The Morgan fingerprint density at radius 1 is 0.750 bits per heavy atom. The molecule has 0 saturated heterocycles. The molecule has 0 saturated carbocycles. The molecule has 0 aliphatic carbocycles. The third-order valence-corrected chi connectivity index (χ3v) is 2.01. The molecule has 0 aromatic carbocycles. The summed E-state index contributed by atoms with van der Waals surface area (Å²) in [5, 5.41) is 8.51. The number of unbranched alkanes of at least 4 members (excludes halogenated alkanes) is 7. The van der Waals surface area contributed by atoms with Crippen LogP contribution in [0.1, 0.15) is 58.3 Å². The summed E-state index contributed by atoms with van der Waals surface area (Å²) in [5.41, 5.74) is 0. The smallest absolute Gasteiger partial charge is 0.0431 e. The van der Waals surface area contributed by atoms with E-state index in [1.807, 2.05) is 0 Å². The van der Waals surface area contributed by atoms with Crippen molar-refractivity contribution in [1.82, 2.24) is 0 Å². The molecule has 2 radical (unpaired) electrons. The number of hydrogen-bond acceptors (Lipinski definition) is 1. The average Bonchev–Trinajstić information content (AvgIpc) is 2.03. The third-order valence-electron chi connectivity index (χ3n) is 2.01. The Bertz CT molecular complexity index is 58.9. The normalized spacial score (nSPS) is 9.50. The molecule has 1 nitrogen and oxygen atoms in total. The van der Waals surface area contributed by atoms with Crippen LogP contribution < -0.4 is 0 Å². The van der Waals surface area contributed by atoms with E-state index in [1.165, 1.54) is 44.9 Å². The van der Waals surface area contributed by atoms with Crippen molar-refractivity contribution >= 4 is 48.9 Å². The van der Waals surface area contributed by atoms with E-state index < -0.39 is 0 Å². The summed E-state index contributed by atoms with van der Waals surface area (Å²) in [4.78, 5) is 0. The molecule has 1 N–H and O–H groups in total. The zero-order valence-corrected chi connectivity index (χ0v) is 13.0. The van der Waals surface area contributed by atoms with E-state index in [2.05, 4.69) is 6.92 Å². The molecule has 0 aliphatic rings. The zero-order valence-electron chi connectivity index (χ0n) is 8.52. The third kappa shape index (κ3) is 14.1. The van der Waals surface area contributed by atoms with Crippen LogP contribution in [0.4, 0.5) is 0 Å². The molecule has 12 heavy (non-hydrogen) atoms. The van der Waals surface area contributed by atoms with Crippen LogP contribution in [-0.4, -0.2) is 60.6 Å². The Kier molecular flexibility index (Phi) is 20.0. The van der Waals surface area contributed by atoms with Gasteiger partial charge in [-0.05, 0) is 6.42 Å². The van der Waals surface area contributed by atoms with Gasteiger partial charge in [0.25, 0.3) is 0 Å². The van der Waals surface area contributed by atoms with Gasteiger partial charge in [0.2, 0.25) is 0 Å². The van der Waals surface area contributed by atoms with E-state index in [0.29, 0.717) is 6.61 Å². The topological polar surface area (TPSA) is 20.2 Å². The van der Waals surface area contributed by atoms with Gasteiger partial charge in [0.15, 0.2) is 0 Å². The van der Waals surface area contributed by atoms with E-state index >= 15 is 0 Å². The van der Waals surface area contributed by atoms with Gasteiger partial charge in [-0.15, -0.1) is 0 Å². The van der Waals surface area contributed by atoms with Crippen LogP contribution in [0.5, 0.6) is 0 Å². The van der Waals surface area contributed by atoms with Crippen molar-refractivity contribution < 1.29 is 5.11 Å². The largest absolute Gasteiger partial charge is 0.396 e. The molecule has 0 rings (SSSR count). The number of aliphatic hydroxyl groups excluding tert-OH is 1. The molecule has 0 unspecified atom stereocenters. The van der Waals surface area contributed by atoms with Gasteiger partial charge < -0.3 is 5.11 Å². The summed E-state index contributed by atoms with van der Waals surface area (Å²) >= 11 is 0. The van der Waals surface area contributed by atoms with Crippen molar-refractivity contribution in [1.29, 1.82) is 0 Å². The van der Waals surface area contributed by atoms with Crippen LogP contribution in [0.3, 0.4) is 0 Å². The van der Waals surface area contributed by atoms with Crippen molar-refractivity contribution in [3.63, 3.8) is 0 Å². The molecule has 0 aliphatic heterocycles. The first kappa shape index (κ1) is 16.0. The van der Waals surface area contributed by atoms with E-state index in [4.69, 9.17) is 5.11 Å². The van der Waals surface area contributed by atoms with Crippen molar-refractivity contribution in [2.24, 2.45) is 0 Å². The van der Waals surface area contributed by atoms with Crippen LogP contribution in [-0.2, 0) is 0 Å². The Morgan fingerprint density at radius 3 is 1.58 bits per heavy atom. The monoisotopic (exact) mass is 296 g/mol. The van der Waals surface area contributed by atoms with Gasteiger partial charge in [-0.1, -0.05) is 51.9 Å². The second-order valence-electron chi connectivity index (χ2n) is 3.20.